The minimum Gasteiger partial charge on any atom is -0.350 e. The summed E-state index contributed by atoms with van der Waals surface area (Å²) in [5.74, 6) is -0.186. The summed E-state index contributed by atoms with van der Waals surface area (Å²) in [7, 11) is 0. The summed E-state index contributed by atoms with van der Waals surface area (Å²) in [5.41, 5.74) is 1.04. The molecular formula is C13H18N4O2. The standard InChI is InChI=1S/C13H18N4O2/c1-10-8-16-11(9-15-10)13(19)14-5-4-12(18)17-6-2-3-7-17/h8-9H,2-7H2,1H3,(H,14,19). The number of carbonyl (C=O) groups is 2. The lowest BCUT2D eigenvalue weighted by Crippen LogP contribution is -2.33. The number of rotatable bonds is 4. The number of nitrogens with one attached hydrogen (secondary N) is 1. The fourth-order valence-electron chi connectivity index (χ4n) is 2.01. The van der Waals surface area contributed by atoms with Crippen LogP contribution in [0, 0.1) is 6.92 Å². The first-order chi connectivity index (χ1) is 9.16. The van der Waals surface area contributed by atoms with Crippen molar-refractivity contribution < 1.29 is 9.59 Å². The molecule has 1 aliphatic rings. The van der Waals surface area contributed by atoms with E-state index in [2.05, 4.69) is 15.3 Å². The summed E-state index contributed by atoms with van der Waals surface area (Å²) in [6.45, 7) is 3.83. The monoisotopic (exact) mass is 262 g/mol. The van der Waals surface area contributed by atoms with E-state index in [0.717, 1.165) is 31.6 Å². The second-order valence-corrected chi connectivity index (χ2v) is 4.64. The van der Waals surface area contributed by atoms with Gasteiger partial charge >= 0.3 is 0 Å². The van der Waals surface area contributed by atoms with Gasteiger partial charge in [0, 0.05) is 32.3 Å². The van der Waals surface area contributed by atoms with Crippen LogP contribution >= 0.6 is 0 Å². The lowest BCUT2D eigenvalue weighted by atomic mass is 10.3. The maximum Gasteiger partial charge on any atom is 0.271 e. The molecule has 0 aliphatic carbocycles. The van der Waals surface area contributed by atoms with Crippen molar-refractivity contribution in [3.05, 3.63) is 23.8 Å². The number of aromatic nitrogens is 2. The third kappa shape index (κ3) is 3.74. The highest BCUT2D eigenvalue weighted by molar-refractivity contribution is 5.92. The predicted molar refractivity (Wildman–Crippen MR) is 69.5 cm³/mol. The van der Waals surface area contributed by atoms with Crippen LogP contribution in [0.5, 0.6) is 0 Å². The van der Waals surface area contributed by atoms with Crippen LogP contribution in [0.25, 0.3) is 0 Å². The van der Waals surface area contributed by atoms with Gasteiger partial charge in [-0.25, -0.2) is 4.98 Å². The topological polar surface area (TPSA) is 75.2 Å². The van der Waals surface area contributed by atoms with Crippen LogP contribution in [0.4, 0.5) is 0 Å². The fraction of sp³-hybridized carbons (Fsp3) is 0.538. The quantitative estimate of drug-likeness (QED) is 0.858. The summed E-state index contributed by atoms with van der Waals surface area (Å²) in [5, 5.41) is 2.68. The molecule has 0 unspecified atom stereocenters. The van der Waals surface area contributed by atoms with Crippen LogP contribution in [0.2, 0.25) is 0 Å². The Kier molecular flexibility index (Phi) is 4.43. The van der Waals surface area contributed by atoms with Crippen molar-refractivity contribution in [2.24, 2.45) is 0 Å². The van der Waals surface area contributed by atoms with Crippen LogP contribution in [0.1, 0.15) is 35.4 Å². The largest absolute Gasteiger partial charge is 0.350 e. The number of carbonyl (C=O) groups excluding carboxylic acids is 2. The highest BCUT2D eigenvalue weighted by atomic mass is 16.2. The van der Waals surface area contributed by atoms with E-state index in [1.54, 1.807) is 6.20 Å². The van der Waals surface area contributed by atoms with Gasteiger partial charge < -0.3 is 10.2 Å². The van der Waals surface area contributed by atoms with Crippen molar-refractivity contribution in [1.29, 1.82) is 0 Å². The van der Waals surface area contributed by atoms with Crippen molar-refractivity contribution in [3.8, 4) is 0 Å². The molecule has 0 atom stereocenters. The smallest absolute Gasteiger partial charge is 0.271 e. The average Bonchev–Trinajstić information content (AvgIpc) is 2.93. The number of nitrogens with zero attached hydrogens (tertiary/aromatic N) is 3. The molecule has 1 fully saturated rings. The molecule has 102 valence electrons. The molecule has 0 spiro atoms. The molecule has 1 N–H and O–H groups in total. The van der Waals surface area contributed by atoms with Crippen molar-refractivity contribution in [1.82, 2.24) is 20.2 Å². The minimum absolute atomic E-state index is 0.104. The molecule has 6 heteroatoms. The van der Waals surface area contributed by atoms with E-state index in [1.165, 1.54) is 6.20 Å². The van der Waals surface area contributed by atoms with Crippen LogP contribution in [0.3, 0.4) is 0 Å². The number of aryl methyl sites for hydroxylation is 1. The Labute approximate surface area is 112 Å². The Bertz CT molecular complexity index is 452. The molecule has 2 heterocycles. The number of hydrogen-bond donors (Lipinski definition) is 1. The van der Waals surface area contributed by atoms with Crippen molar-refractivity contribution in [2.45, 2.75) is 26.2 Å². The maximum absolute atomic E-state index is 11.8. The first-order valence-corrected chi connectivity index (χ1v) is 6.51. The summed E-state index contributed by atoms with van der Waals surface area (Å²) in [6.07, 6.45) is 5.48. The zero-order valence-corrected chi connectivity index (χ0v) is 11.1. The third-order valence-electron chi connectivity index (χ3n) is 3.10. The van der Waals surface area contributed by atoms with Crippen LogP contribution in [-0.4, -0.2) is 46.3 Å². The summed E-state index contributed by atoms with van der Waals surface area (Å²) in [4.78, 5) is 33.3. The third-order valence-corrected chi connectivity index (χ3v) is 3.10. The van der Waals surface area contributed by atoms with Crippen molar-refractivity contribution in [2.75, 3.05) is 19.6 Å². The van der Waals surface area contributed by atoms with Crippen molar-refractivity contribution >= 4 is 11.8 Å². The van der Waals surface area contributed by atoms with Gasteiger partial charge in [-0.3, -0.25) is 14.6 Å². The first kappa shape index (κ1) is 13.5. The lowest BCUT2D eigenvalue weighted by molar-refractivity contribution is -0.129. The van der Waals surface area contributed by atoms with Gasteiger partial charge in [-0.05, 0) is 19.8 Å². The molecule has 1 aromatic rings. The molecule has 6 nitrogen and oxygen atoms in total. The van der Waals surface area contributed by atoms with Gasteiger partial charge in [0.05, 0.1) is 11.9 Å². The molecule has 0 radical (unpaired) electrons. The maximum atomic E-state index is 11.8. The Hall–Kier alpha value is -1.98. The van der Waals surface area contributed by atoms with E-state index >= 15 is 0 Å². The molecule has 2 amide bonds. The molecule has 1 aliphatic heterocycles. The lowest BCUT2D eigenvalue weighted by Gasteiger charge is -2.15. The molecule has 2 rings (SSSR count). The van der Waals surface area contributed by atoms with Gasteiger partial charge in [0.15, 0.2) is 0 Å². The van der Waals surface area contributed by atoms with E-state index in [9.17, 15) is 9.59 Å². The highest BCUT2D eigenvalue weighted by Gasteiger charge is 2.17. The Balaban J connectivity index is 1.74. The van der Waals surface area contributed by atoms with Gasteiger partial charge in [-0.15, -0.1) is 0 Å². The average molecular weight is 262 g/mol. The Morgan fingerprint density at radius 1 is 1.26 bits per heavy atom. The first-order valence-electron chi connectivity index (χ1n) is 6.51. The van der Waals surface area contributed by atoms with Gasteiger partial charge in [-0.2, -0.15) is 0 Å². The van der Waals surface area contributed by atoms with Gasteiger partial charge in [0.1, 0.15) is 5.69 Å². The van der Waals surface area contributed by atoms with Crippen LogP contribution < -0.4 is 5.32 Å². The number of amides is 2. The molecule has 0 bridgehead atoms. The van der Waals surface area contributed by atoms with E-state index in [0.29, 0.717) is 13.0 Å². The molecular weight excluding hydrogens is 244 g/mol. The van der Waals surface area contributed by atoms with Crippen LogP contribution in [-0.2, 0) is 4.79 Å². The van der Waals surface area contributed by atoms with E-state index in [1.807, 2.05) is 11.8 Å². The van der Waals surface area contributed by atoms with Gasteiger partial charge in [0.2, 0.25) is 5.91 Å². The zero-order chi connectivity index (χ0) is 13.7. The second kappa shape index (κ2) is 6.26. The summed E-state index contributed by atoms with van der Waals surface area (Å²) < 4.78 is 0. The number of likely N-dealkylation sites (tertiary alicyclic amines) is 1. The normalized spacial score (nSPS) is 14.5. The second-order valence-electron chi connectivity index (χ2n) is 4.64. The Morgan fingerprint density at radius 2 is 2.00 bits per heavy atom. The van der Waals surface area contributed by atoms with Gasteiger partial charge in [0.25, 0.3) is 5.91 Å². The van der Waals surface area contributed by atoms with Crippen LogP contribution in [0.15, 0.2) is 12.4 Å². The number of hydrogen-bond acceptors (Lipinski definition) is 4. The molecule has 19 heavy (non-hydrogen) atoms. The molecule has 1 aromatic heterocycles. The minimum atomic E-state index is -0.290. The molecule has 1 saturated heterocycles. The molecule has 0 aromatic carbocycles. The van der Waals surface area contributed by atoms with Gasteiger partial charge in [-0.1, -0.05) is 0 Å². The zero-order valence-electron chi connectivity index (χ0n) is 11.1. The summed E-state index contributed by atoms with van der Waals surface area (Å²) >= 11 is 0. The predicted octanol–water partition coefficient (Wildman–Crippen LogP) is 0.527. The molecule has 0 saturated carbocycles. The van der Waals surface area contributed by atoms with E-state index in [-0.39, 0.29) is 17.5 Å². The Morgan fingerprint density at radius 3 is 2.63 bits per heavy atom. The summed E-state index contributed by atoms with van der Waals surface area (Å²) in [6, 6.07) is 0. The fourth-order valence-corrected chi connectivity index (χ4v) is 2.01. The van der Waals surface area contributed by atoms with E-state index < -0.39 is 0 Å². The highest BCUT2D eigenvalue weighted by Crippen LogP contribution is 2.08. The SMILES string of the molecule is Cc1cnc(C(=O)NCCC(=O)N2CCCC2)cn1. The van der Waals surface area contributed by atoms with Crippen molar-refractivity contribution in [3.63, 3.8) is 0 Å². The van der Waals surface area contributed by atoms with E-state index in [4.69, 9.17) is 0 Å².